The molecule has 1 aromatic carbocycles. The largest absolute Gasteiger partial charge is 0.358 e. The van der Waals surface area contributed by atoms with Crippen molar-refractivity contribution >= 4 is 38.9 Å². The normalized spacial score (nSPS) is 10.2. The molecule has 0 bridgehead atoms. The topological polar surface area (TPSA) is 37.0 Å². The number of thiocarbonyl (C=S) groups is 1. The molecule has 0 aliphatic rings. The van der Waals surface area contributed by atoms with Crippen LogP contribution in [-0.4, -0.2) is 10.1 Å². The van der Waals surface area contributed by atoms with Gasteiger partial charge in [-0.1, -0.05) is 22.0 Å². The van der Waals surface area contributed by atoms with E-state index in [2.05, 4.69) is 57.5 Å². The molecular formula is C15H16BrN3S. The van der Waals surface area contributed by atoms with Crippen LogP contribution in [0.3, 0.4) is 0 Å². The van der Waals surface area contributed by atoms with Crippen LogP contribution < -0.4 is 10.6 Å². The van der Waals surface area contributed by atoms with Gasteiger partial charge in [-0.3, -0.25) is 4.98 Å². The van der Waals surface area contributed by atoms with E-state index in [4.69, 9.17) is 12.2 Å². The summed E-state index contributed by atoms with van der Waals surface area (Å²) in [6.45, 7) is 4.78. The van der Waals surface area contributed by atoms with Gasteiger partial charge >= 0.3 is 0 Å². The molecule has 1 heterocycles. The fourth-order valence-electron chi connectivity index (χ4n) is 1.95. The molecule has 0 aliphatic carbocycles. The van der Waals surface area contributed by atoms with Crippen LogP contribution in [0.4, 0.5) is 5.69 Å². The summed E-state index contributed by atoms with van der Waals surface area (Å²) in [6, 6.07) is 8.06. The number of hydrogen-bond donors (Lipinski definition) is 2. The van der Waals surface area contributed by atoms with Crippen molar-refractivity contribution in [3.63, 3.8) is 0 Å². The van der Waals surface area contributed by atoms with Crippen molar-refractivity contribution in [1.29, 1.82) is 0 Å². The van der Waals surface area contributed by atoms with Gasteiger partial charge in [0.1, 0.15) is 0 Å². The number of pyridine rings is 1. The molecule has 3 nitrogen and oxygen atoms in total. The molecule has 0 aliphatic heterocycles. The van der Waals surface area contributed by atoms with Gasteiger partial charge in [-0.05, 0) is 61.0 Å². The van der Waals surface area contributed by atoms with Crippen LogP contribution in [0.25, 0.3) is 0 Å². The number of halogens is 1. The van der Waals surface area contributed by atoms with E-state index >= 15 is 0 Å². The number of rotatable bonds is 3. The van der Waals surface area contributed by atoms with E-state index in [1.165, 1.54) is 0 Å². The zero-order valence-electron chi connectivity index (χ0n) is 11.4. The Bertz CT molecular complexity index is 591. The Morgan fingerprint density at radius 2 is 2.00 bits per heavy atom. The van der Waals surface area contributed by atoms with Crippen molar-refractivity contribution in [1.82, 2.24) is 10.3 Å². The smallest absolute Gasteiger partial charge is 0.171 e. The summed E-state index contributed by atoms with van der Waals surface area (Å²) in [4.78, 5) is 4.08. The lowest BCUT2D eigenvalue weighted by Crippen LogP contribution is -2.28. The summed E-state index contributed by atoms with van der Waals surface area (Å²) in [5.41, 5.74) is 4.46. The number of nitrogens with zero attached hydrogens (tertiary/aromatic N) is 1. The minimum atomic E-state index is 0.613. The molecule has 0 unspecified atom stereocenters. The van der Waals surface area contributed by atoms with Crippen LogP contribution in [-0.2, 0) is 6.54 Å². The molecule has 0 amide bonds. The molecule has 2 rings (SSSR count). The van der Waals surface area contributed by atoms with Crippen LogP contribution in [0.15, 0.2) is 41.1 Å². The van der Waals surface area contributed by atoms with Crippen LogP contribution in [0, 0.1) is 13.8 Å². The fourth-order valence-corrected chi connectivity index (χ4v) is 2.81. The Morgan fingerprint density at radius 3 is 2.60 bits per heavy atom. The van der Waals surface area contributed by atoms with Crippen LogP contribution in [0.1, 0.15) is 16.7 Å². The number of hydrogen-bond acceptors (Lipinski definition) is 2. The molecule has 5 heteroatoms. The third-order valence-electron chi connectivity index (χ3n) is 2.91. The quantitative estimate of drug-likeness (QED) is 0.822. The van der Waals surface area contributed by atoms with Crippen LogP contribution in [0.5, 0.6) is 0 Å². The Morgan fingerprint density at radius 1 is 1.30 bits per heavy atom. The predicted octanol–water partition coefficient (Wildman–Crippen LogP) is 3.95. The molecule has 1 aromatic heterocycles. The lowest BCUT2D eigenvalue weighted by Gasteiger charge is -2.15. The van der Waals surface area contributed by atoms with Gasteiger partial charge in [-0.15, -0.1) is 0 Å². The molecule has 2 N–H and O–H groups in total. The molecule has 0 saturated carbocycles. The van der Waals surface area contributed by atoms with Crippen molar-refractivity contribution < 1.29 is 0 Å². The summed E-state index contributed by atoms with van der Waals surface area (Å²) < 4.78 is 1.08. The number of benzene rings is 1. The minimum Gasteiger partial charge on any atom is -0.358 e. The summed E-state index contributed by atoms with van der Waals surface area (Å²) in [5.74, 6) is 0. The number of aromatic nitrogens is 1. The van der Waals surface area contributed by atoms with Crippen molar-refractivity contribution in [2.24, 2.45) is 0 Å². The first kappa shape index (κ1) is 14.9. The first-order valence-electron chi connectivity index (χ1n) is 6.27. The van der Waals surface area contributed by atoms with Gasteiger partial charge in [0.25, 0.3) is 0 Å². The summed E-state index contributed by atoms with van der Waals surface area (Å²) in [7, 11) is 0. The second-order valence-corrected chi connectivity index (χ2v) is 5.91. The maximum atomic E-state index is 5.33. The molecular weight excluding hydrogens is 334 g/mol. The molecule has 20 heavy (non-hydrogen) atoms. The average Bonchev–Trinajstić information content (AvgIpc) is 2.42. The van der Waals surface area contributed by atoms with Gasteiger partial charge in [-0.2, -0.15) is 0 Å². The van der Waals surface area contributed by atoms with Gasteiger partial charge in [0.2, 0.25) is 0 Å². The second kappa shape index (κ2) is 6.81. The molecule has 0 radical (unpaired) electrons. The van der Waals surface area contributed by atoms with E-state index in [-0.39, 0.29) is 0 Å². The molecule has 2 aromatic rings. The first-order valence-corrected chi connectivity index (χ1v) is 7.47. The van der Waals surface area contributed by atoms with E-state index in [0.717, 1.165) is 26.9 Å². The Balaban J connectivity index is 1.98. The molecule has 0 fully saturated rings. The summed E-state index contributed by atoms with van der Waals surface area (Å²) >= 11 is 8.82. The molecule has 104 valence electrons. The highest BCUT2D eigenvalue weighted by Crippen LogP contribution is 2.24. The van der Waals surface area contributed by atoms with Gasteiger partial charge in [-0.25, -0.2) is 0 Å². The lowest BCUT2D eigenvalue weighted by atomic mass is 10.1. The number of anilines is 1. The zero-order valence-corrected chi connectivity index (χ0v) is 13.8. The Labute approximate surface area is 132 Å². The Kier molecular flexibility index (Phi) is 5.09. The predicted molar refractivity (Wildman–Crippen MR) is 90.9 cm³/mol. The maximum absolute atomic E-state index is 5.33. The van der Waals surface area contributed by atoms with E-state index in [0.29, 0.717) is 11.7 Å². The molecule has 0 atom stereocenters. The summed E-state index contributed by atoms with van der Waals surface area (Å²) in [6.07, 6.45) is 3.58. The van der Waals surface area contributed by atoms with E-state index in [1.807, 2.05) is 18.3 Å². The third-order valence-corrected chi connectivity index (χ3v) is 3.62. The van der Waals surface area contributed by atoms with Gasteiger partial charge < -0.3 is 10.6 Å². The van der Waals surface area contributed by atoms with E-state index in [9.17, 15) is 0 Å². The third kappa shape index (κ3) is 4.02. The van der Waals surface area contributed by atoms with E-state index in [1.54, 1.807) is 6.20 Å². The van der Waals surface area contributed by atoms with Gasteiger partial charge in [0, 0.05) is 29.1 Å². The van der Waals surface area contributed by atoms with Crippen molar-refractivity contribution in [2.45, 2.75) is 20.4 Å². The van der Waals surface area contributed by atoms with Crippen molar-refractivity contribution in [2.75, 3.05) is 5.32 Å². The highest BCUT2D eigenvalue weighted by molar-refractivity contribution is 9.10. The minimum absolute atomic E-state index is 0.613. The number of aryl methyl sites for hydroxylation is 2. The zero-order chi connectivity index (χ0) is 14.5. The highest BCUT2D eigenvalue weighted by Gasteiger charge is 2.06. The van der Waals surface area contributed by atoms with E-state index < -0.39 is 0 Å². The van der Waals surface area contributed by atoms with Crippen LogP contribution >= 0.6 is 28.1 Å². The lowest BCUT2D eigenvalue weighted by molar-refractivity contribution is 0.916. The van der Waals surface area contributed by atoms with Crippen LogP contribution in [0.2, 0.25) is 0 Å². The second-order valence-electron chi connectivity index (χ2n) is 4.58. The maximum Gasteiger partial charge on any atom is 0.171 e. The monoisotopic (exact) mass is 349 g/mol. The molecule has 0 spiro atoms. The standard InChI is InChI=1S/C15H16BrN3S/c1-10-6-13(16)7-11(2)14(10)19-15(20)18-9-12-4-3-5-17-8-12/h3-8H,9H2,1-2H3,(H2,18,19,20). The average molecular weight is 350 g/mol. The SMILES string of the molecule is Cc1cc(Br)cc(C)c1NC(=S)NCc1cccnc1. The van der Waals surface area contributed by atoms with Crippen molar-refractivity contribution in [3.8, 4) is 0 Å². The van der Waals surface area contributed by atoms with Crippen molar-refractivity contribution in [3.05, 3.63) is 57.8 Å². The van der Waals surface area contributed by atoms with Gasteiger partial charge in [0.05, 0.1) is 0 Å². The highest BCUT2D eigenvalue weighted by atomic mass is 79.9. The summed E-state index contributed by atoms with van der Waals surface area (Å²) in [5, 5.41) is 7.05. The number of nitrogens with one attached hydrogen (secondary N) is 2. The first-order chi connectivity index (χ1) is 9.56. The molecule has 0 saturated heterocycles. The van der Waals surface area contributed by atoms with Gasteiger partial charge in [0.15, 0.2) is 5.11 Å². The fraction of sp³-hybridized carbons (Fsp3) is 0.200. The Hall–Kier alpha value is -1.46.